The van der Waals surface area contributed by atoms with Crippen molar-refractivity contribution in [3.8, 4) is 17.2 Å². The number of nitrogens with zero attached hydrogens (tertiary/aromatic N) is 2. The number of hydrogen-bond donors (Lipinski definition) is 1. The Kier molecular flexibility index (Phi) is 5.48. The summed E-state index contributed by atoms with van der Waals surface area (Å²) in [6, 6.07) is 27.3. The van der Waals surface area contributed by atoms with Gasteiger partial charge in [-0.1, -0.05) is 48.5 Å². The van der Waals surface area contributed by atoms with E-state index in [4.69, 9.17) is 9.47 Å². The first-order valence-corrected chi connectivity index (χ1v) is 10.8. The van der Waals surface area contributed by atoms with Gasteiger partial charge in [-0.3, -0.25) is 0 Å². The molecule has 0 aliphatic carbocycles. The van der Waals surface area contributed by atoms with Crippen LogP contribution in [-0.4, -0.2) is 29.7 Å². The van der Waals surface area contributed by atoms with E-state index in [2.05, 4.69) is 46.4 Å². The van der Waals surface area contributed by atoms with Crippen LogP contribution in [0.1, 0.15) is 22.9 Å². The molecular weight excluding hydrogens is 414 g/mol. The van der Waals surface area contributed by atoms with E-state index in [1.165, 1.54) is 0 Å². The maximum Gasteiger partial charge on any atom is 0.322 e. The molecule has 1 unspecified atom stereocenters. The SMILES string of the molecule is COc1cc(NC(=O)N2Cc3ccccc3-n3cccc3C2c2ccccc2)cc(OC)c1. The zero-order valence-corrected chi connectivity index (χ0v) is 18.6. The minimum Gasteiger partial charge on any atom is -0.497 e. The van der Waals surface area contributed by atoms with Gasteiger partial charge in [0.05, 0.1) is 32.5 Å². The van der Waals surface area contributed by atoms with Crippen LogP contribution in [0, 0.1) is 0 Å². The zero-order valence-electron chi connectivity index (χ0n) is 18.6. The Balaban J connectivity index is 1.59. The number of para-hydroxylation sites is 1. The maximum absolute atomic E-state index is 13.8. The molecule has 5 rings (SSSR count). The molecule has 6 heteroatoms. The van der Waals surface area contributed by atoms with Gasteiger partial charge in [0.2, 0.25) is 0 Å². The number of aromatic nitrogens is 1. The summed E-state index contributed by atoms with van der Waals surface area (Å²) in [6.45, 7) is 0.463. The van der Waals surface area contributed by atoms with Gasteiger partial charge in [-0.25, -0.2) is 4.79 Å². The van der Waals surface area contributed by atoms with Crippen molar-refractivity contribution in [3.63, 3.8) is 0 Å². The number of carbonyl (C=O) groups excluding carboxylic acids is 1. The molecule has 166 valence electrons. The van der Waals surface area contributed by atoms with Gasteiger partial charge in [0, 0.05) is 35.8 Å². The fraction of sp³-hybridized carbons (Fsp3) is 0.148. The van der Waals surface area contributed by atoms with E-state index >= 15 is 0 Å². The van der Waals surface area contributed by atoms with Gasteiger partial charge in [-0.15, -0.1) is 0 Å². The molecule has 0 saturated heterocycles. The monoisotopic (exact) mass is 439 g/mol. The molecule has 3 aromatic carbocycles. The van der Waals surface area contributed by atoms with Gasteiger partial charge in [-0.2, -0.15) is 0 Å². The molecule has 1 aliphatic rings. The van der Waals surface area contributed by atoms with Crippen LogP contribution in [0.2, 0.25) is 0 Å². The first-order chi connectivity index (χ1) is 16.2. The minimum absolute atomic E-state index is 0.205. The number of carbonyl (C=O) groups is 1. The number of hydrogen-bond acceptors (Lipinski definition) is 3. The average molecular weight is 440 g/mol. The lowest BCUT2D eigenvalue weighted by Crippen LogP contribution is -2.37. The number of urea groups is 1. The van der Waals surface area contributed by atoms with E-state index in [0.717, 1.165) is 22.5 Å². The van der Waals surface area contributed by atoms with Crippen LogP contribution >= 0.6 is 0 Å². The molecule has 0 spiro atoms. The minimum atomic E-state index is -0.263. The van der Waals surface area contributed by atoms with Gasteiger partial charge >= 0.3 is 6.03 Å². The van der Waals surface area contributed by atoms with Crippen molar-refractivity contribution in [1.29, 1.82) is 0 Å². The predicted octanol–water partition coefficient (Wildman–Crippen LogP) is 5.63. The van der Waals surface area contributed by atoms with Crippen molar-refractivity contribution < 1.29 is 14.3 Å². The predicted molar refractivity (Wildman–Crippen MR) is 128 cm³/mol. The molecule has 1 aromatic heterocycles. The van der Waals surface area contributed by atoms with Crippen LogP contribution in [0.3, 0.4) is 0 Å². The van der Waals surface area contributed by atoms with Crippen LogP contribution in [0.4, 0.5) is 10.5 Å². The lowest BCUT2D eigenvalue weighted by molar-refractivity contribution is 0.194. The molecule has 0 saturated carbocycles. The summed E-state index contributed by atoms with van der Waals surface area (Å²) in [7, 11) is 3.18. The molecule has 0 fully saturated rings. The first-order valence-electron chi connectivity index (χ1n) is 10.8. The summed E-state index contributed by atoms with van der Waals surface area (Å²) in [5, 5.41) is 3.06. The molecule has 2 heterocycles. The Hall–Kier alpha value is -4.19. The quantitative estimate of drug-likeness (QED) is 0.448. The Bertz CT molecular complexity index is 1260. The maximum atomic E-state index is 13.8. The second-order valence-corrected chi connectivity index (χ2v) is 7.90. The first kappa shape index (κ1) is 20.7. The third-order valence-corrected chi connectivity index (χ3v) is 5.94. The van der Waals surface area contributed by atoms with Crippen LogP contribution in [-0.2, 0) is 6.54 Å². The number of fused-ring (bicyclic) bond motifs is 3. The third kappa shape index (κ3) is 3.91. The second-order valence-electron chi connectivity index (χ2n) is 7.90. The highest BCUT2D eigenvalue weighted by atomic mass is 16.5. The number of amides is 2. The highest BCUT2D eigenvalue weighted by molar-refractivity contribution is 5.90. The summed E-state index contributed by atoms with van der Waals surface area (Å²) >= 11 is 0. The molecule has 1 N–H and O–H groups in total. The summed E-state index contributed by atoms with van der Waals surface area (Å²) in [5.74, 6) is 1.22. The lowest BCUT2D eigenvalue weighted by Gasteiger charge is -2.31. The van der Waals surface area contributed by atoms with Gasteiger partial charge < -0.3 is 24.3 Å². The Morgan fingerprint density at radius 2 is 1.58 bits per heavy atom. The molecule has 0 bridgehead atoms. The number of methoxy groups -OCH3 is 2. The Labute approximate surface area is 193 Å². The molecular formula is C27H25N3O3. The molecule has 0 radical (unpaired) electrons. The van der Waals surface area contributed by atoms with E-state index in [9.17, 15) is 4.79 Å². The number of nitrogens with one attached hydrogen (secondary N) is 1. The summed E-state index contributed by atoms with van der Waals surface area (Å²) in [6.07, 6.45) is 2.05. The zero-order chi connectivity index (χ0) is 22.8. The number of anilines is 1. The van der Waals surface area contributed by atoms with E-state index < -0.39 is 0 Å². The second kappa shape index (κ2) is 8.74. The van der Waals surface area contributed by atoms with Crippen LogP contribution < -0.4 is 14.8 Å². The highest BCUT2D eigenvalue weighted by Gasteiger charge is 2.33. The largest absolute Gasteiger partial charge is 0.497 e. The topological polar surface area (TPSA) is 55.7 Å². The van der Waals surface area contributed by atoms with E-state index in [-0.39, 0.29) is 12.1 Å². The number of benzene rings is 3. The van der Waals surface area contributed by atoms with Crippen molar-refractivity contribution in [2.45, 2.75) is 12.6 Å². The van der Waals surface area contributed by atoms with Crippen LogP contribution in [0.15, 0.2) is 91.1 Å². The standard InChI is InChI=1S/C27H25N3O3/c1-32-22-15-21(16-23(17-22)33-2)28-27(31)30-18-20-11-6-7-12-24(20)29-14-8-13-25(29)26(30)19-9-4-3-5-10-19/h3-17,26H,18H2,1-2H3,(H,28,31). The summed E-state index contributed by atoms with van der Waals surface area (Å²) in [4.78, 5) is 15.6. The fourth-order valence-electron chi connectivity index (χ4n) is 4.40. The van der Waals surface area contributed by atoms with Crippen molar-refractivity contribution in [1.82, 2.24) is 9.47 Å². The summed E-state index contributed by atoms with van der Waals surface area (Å²) in [5.41, 5.74) is 4.84. The van der Waals surface area contributed by atoms with E-state index in [0.29, 0.717) is 23.7 Å². The van der Waals surface area contributed by atoms with Gasteiger partial charge in [0.25, 0.3) is 0 Å². The smallest absolute Gasteiger partial charge is 0.322 e. The van der Waals surface area contributed by atoms with E-state index in [1.807, 2.05) is 41.3 Å². The molecule has 33 heavy (non-hydrogen) atoms. The lowest BCUT2D eigenvalue weighted by atomic mass is 10.0. The Morgan fingerprint density at radius 1 is 0.879 bits per heavy atom. The number of rotatable bonds is 4. The van der Waals surface area contributed by atoms with Crippen LogP contribution in [0.5, 0.6) is 11.5 Å². The van der Waals surface area contributed by atoms with E-state index in [1.54, 1.807) is 32.4 Å². The van der Waals surface area contributed by atoms with Gasteiger partial charge in [-0.05, 0) is 29.3 Å². The molecule has 1 atom stereocenters. The van der Waals surface area contributed by atoms with Crippen molar-refractivity contribution in [3.05, 3.63) is 108 Å². The number of ether oxygens (including phenoxy) is 2. The molecule has 2 amide bonds. The van der Waals surface area contributed by atoms with Gasteiger partial charge in [0.15, 0.2) is 0 Å². The molecule has 4 aromatic rings. The molecule has 6 nitrogen and oxygen atoms in total. The average Bonchev–Trinajstić information content (AvgIpc) is 3.28. The normalized spacial score (nSPS) is 14.6. The van der Waals surface area contributed by atoms with Crippen molar-refractivity contribution >= 4 is 11.7 Å². The highest BCUT2D eigenvalue weighted by Crippen LogP contribution is 2.37. The van der Waals surface area contributed by atoms with Gasteiger partial charge in [0.1, 0.15) is 11.5 Å². The van der Waals surface area contributed by atoms with Crippen molar-refractivity contribution in [2.24, 2.45) is 0 Å². The molecule has 1 aliphatic heterocycles. The van der Waals surface area contributed by atoms with Crippen molar-refractivity contribution in [2.75, 3.05) is 19.5 Å². The summed E-state index contributed by atoms with van der Waals surface area (Å²) < 4.78 is 12.9. The fourth-order valence-corrected chi connectivity index (χ4v) is 4.40. The third-order valence-electron chi connectivity index (χ3n) is 5.94. The Morgan fingerprint density at radius 3 is 2.30 bits per heavy atom. The van der Waals surface area contributed by atoms with Crippen LogP contribution in [0.25, 0.3) is 5.69 Å².